The Balaban J connectivity index is 2.19. The van der Waals surface area contributed by atoms with Crippen molar-refractivity contribution >= 4 is 22.6 Å². The van der Waals surface area contributed by atoms with Crippen LogP contribution < -0.4 is 5.32 Å². The van der Waals surface area contributed by atoms with Gasteiger partial charge in [-0.2, -0.15) is 0 Å². The second-order valence-electron chi connectivity index (χ2n) is 6.44. The van der Waals surface area contributed by atoms with Gasteiger partial charge in [0, 0.05) is 18.0 Å². The fourth-order valence-corrected chi connectivity index (χ4v) is 3.07. The summed E-state index contributed by atoms with van der Waals surface area (Å²) in [6.45, 7) is 12.0. The highest BCUT2D eigenvalue weighted by molar-refractivity contribution is 8.14. The van der Waals surface area contributed by atoms with Gasteiger partial charge >= 0.3 is 0 Å². The fourth-order valence-electron chi connectivity index (χ4n) is 2.11. The maximum absolute atomic E-state index is 4.68. The molecule has 1 aromatic carbocycles. The molecule has 2 rings (SSSR count). The van der Waals surface area contributed by atoms with Crippen molar-refractivity contribution in [2.45, 2.75) is 40.5 Å². The molecule has 0 radical (unpaired) electrons. The summed E-state index contributed by atoms with van der Waals surface area (Å²) in [7, 11) is 0. The standard InChI is InChI=1S/C16H24N2S/c1-11(2)13-7-6-12(3)8-14(13)18-15-17-9-16(4,5)10-19-15/h6-8,11H,9-10H2,1-5H3,(H,17,18). The first-order valence-electron chi connectivity index (χ1n) is 6.92. The van der Waals surface area contributed by atoms with Gasteiger partial charge in [0.15, 0.2) is 5.17 Å². The van der Waals surface area contributed by atoms with Crippen LogP contribution in [0.5, 0.6) is 0 Å². The van der Waals surface area contributed by atoms with Gasteiger partial charge in [0.2, 0.25) is 0 Å². The van der Waals surface area contributed by atoms with Crippen molar-refractivity contribution in [1.29, 1.82) is 0 Å². The van der Waals surface area contributed by atoms with Gasteiger partial charge < -0.3 is 5.32 Å². The number of anilines is 1. The number of aliphatic imine (C=N–C) groups is 1. The third-order valence-corrected chi connectivity index (χ3v) is 4.75. The molecule has 0 aromatic heterocycles. The molecule has 0 atom stereocenters. The number of aryl methyl sites for hydroxylation is 1. The van der Waals surface area contributed by atoms with Gasteiger partial charge in [-0.05, 0) is 35.4 Å². The van der Waals surface area contributed by atoms with Crippen LogP contribution >= 0.6 is 11.8 Å². The number of nitrogens with one attached hydrogen (secondary N) is 1. The van der Waals surface area contributed by atoms with E-state index in [4.69, 9.17) is 0 Å². The topological polar surface area (TPSA) is 24.4 Å². The van der Waals surface area contributed by atoms with Crippen LogP contribution in [0.1, 0.15) is 44.7 Å². The molecule has 3 heteroatoms. The monoisotopic (exact) mass is 276 g/mol. The van der Waals surface area contributed by atoms with Crippen LogP contribution in [0.2, 0.25) is 0 Å². The molecule has 0 unspecified atom stereocenters. The number of amidine groups is 1. The number of benzene rings is 1. The minimum Gasteiger partial charge on any atom is -0.335 e. The highest BCUT2D eigenvalue weighted by Crippen LogP contribution is 2.31. The van der Waals surface area contributed by atoms with E-state index < -0.39 is 0 Å². The lowest BCUT2D eigenvalue weighted by Crippen LogP contribution is -2.27. The molecular formula is C16H24N2S. The molecule has 104 valence electrons. The maximum atomic E-state index is 4.68. The van der Waals surface area contributed by atoms with Gasteiger partial charge in [-0.1, -0.05) is 51.6 Å². The zero-order chi connectivity index (χ0) is 14.0. The highest BCUT2D eigenvalue weighted by atomic mass is 32.2. The summed E-state index contributed by atoms with van der Waals surface area (Å²) < 4.78 is 0. The zero-order valence-corrected chi connectivity index (χ0v) is 13.4. The molecular weight excluding hydrogens is 252 g/mol. The summed E-state index contributed by atoms with van der Waals surface area (Å²) in [5.41, 5.74) is 4.18. The number of thioether (sulfide) groups is 1. The number of nitrogens with zero attached hydrogens (tertiary/aromatic N) is 1. The second-order valence-corrected chi connectivity index (χ2v) is 7.41. The molecule has 0 spiro atoms. The average molecular weight is 276 g/mol. The summed E-state index contributed by atoms with van der Waals surface area (Å²) >= 11 is 1.83. The number of hydrogen-bond acceptors (Lipinski definition) is 3. The Labute approximate surface area is 121 Å². The average Bonchev–Trinajstić information content (AvgIpc) is 2.31. The molecule has 1 heterocycles. The van der Waals surface area contributed by atoms with Crippen molar-refractivity contribution in [3.05, 3.63) is 29.3 Å². The van der Waals surface area contributed by atoms with Crippen LogP contribution in [0.25, 0.3) is 0 Å². The molecule has 19 heavy (non-hydrogen) atoms. The molecule has 0 aliphatic carbocycles. The van der Waals surface area contributed by atoms with E-state index in [0.717, 1.165) is 17.5 Å². The third kappa shape index (κ3) is 3.75. The predicted octanol–water partition coefficient (Wildman–Crippen LogP) is 4.66. The molecule has 1 aromatic rings. The minimum atomic E-state index is 0.323. The van der Waals surface area contributed by atoms with Crippen molar-refractivity contribution in [2.75, 3.05) is 17.6 Å². The van der Waals surface area contributed by atoms with Crippen molar-refractivity contribution in [1.82, 2.24) is 0 Å². The number of rotatable bonds is 2. The molecule has 0 saturated carbocycles. The predicted molar refractivity (Wildman–Crippen MR) is 87.4 cm³/mol. The van der Waals surface area contributed by atoms with E-state index in [1.807, 2.05) is 11.8 Å². The maximum Gasteiger partial charge on any atom is 0.161 e. The van der Waals surface area contributed by atoms with E-state index in [0.29, 0.717) is 11.3 Å². The Morgan fingerprint density at radius 1 is 1.32 bits per heavy atom. The Bertz CT molecular complexity index is 490. The van der Waals surface area contributed by atoms with Gasteiger partial charge in [-0.3, -0.25) is 4.99 Å². The lowest BCUT2D eigenvalue weighted by Gasteiger charge is -2.28. The minimum absolute atomic E-state index is 0.323. The second kappa shape index (κ2) is 5.58. The van der Waals surface area contributed by atoms with E-state index in [1.165, 1.54) is 16.8 Å². The van der Waals surface area contributed by atoms with Crippen molar-refractivity contribution in [2.24, 2.45) is 10.4 Å². The zero-order valence-electron chi connectivity index (χ0n) is 12.6. The van der Waals surface area contributed by atoms with Crippen LogP contribution in [-0.2, 0) is 0 Å². The molecule has 1 N–H and O–H groups in total. The first kappa shape index (κ1) is 14.4. The first-order valence-corrected chi connectivity index (χ1v) is 7.91. The molecule has 2 nitrogen and oxygen atoms in total. The van der Waals surface area contributed by atoms with Crippen LogP contribution in [-0.4, -0.2) is 17.5 Å². The van der Waals surface area contributed by atoms with Gasteiger partial charge in [0.25, 0.3) is 0 Å². The lowest BCUT2D eigenvalue weighted by molar-refractivity contribution is 0.438. The molecule has 0 saturated heterocycles. The van der Waals surface area contributed by atoms with Crippen LogP contribution in [0, 0.1) is 12.3 Å². The van der Waals surface area contributed by atoms with E-state index >= 15 is 0 Å². The molecule has 1 aliphatic rings. The summed E-state index contributed by atoms with van der Waals surface area (Å²) in [4.78, 5) is 4.68. The number of hydrogen-bond donors (Lipinski definition) is 1. The SMILES string of the molecule is Cc1ccc(C(C)C)c(NC2=NCC(C)(C)CS2)c1. The quantitative estimate of drug-likeness (QED) is 0.849. The van der Waals surface area contributed by atoms with Crippen LogP contribution in [0.15, 0.2) is 23.2 Å². The molecule has 0 bridgehead atoms. The first-order chi connectivity index (χ1) is 8.87. The van der Waals surface area contributed by atoms with Crippen molar-refractivity contribution < 1.29 is 0 Å². The highest BCUT2D eigenvalue weighted by Gasteiger charge is 2.23. The fraction of sp³-hybridized carbons (Fsp3) is 0.562. The van der Waals surface area contributed by atoms with E-state index in [9.17, 15) is 0 Å². The van der Waals surface area contributed by atoms with Gasteiger partial charge in [-0.15, -0.1) is 0 Å². The van der Waals surface area contributed by atoms with E-state index in [2.05, 4.69) is 63.1 Å². The Morgan fingerprint density at radius 2 is 2.05 bits per heavy atom. The largest absolute Gasteiger partial charge is 0.335 e. The summed E-state index contributed by atoms with van der Waals surface area (Å²) in [6.07, 6.45) is 0. The van der Waals surface area contributed by atoms with E-state index in [1.54, 1.807) is 0 Å². The van der Waals surface area contributed by atoms with Gasteiger partial charge in [0.05, 0.1) is 0 Å². The smallest absolute Gasteiger partial charge is 0.161 e. The third-order valence-electron chi connectivity index (χ3n) is 3.32. The van der Waals surface area contributed by atoms with E-state index in [-0.39, 0.29) is 0 Å². The van der Waals surface area contributed by atoms with Gasteiger partial charge in [0.1, 0.15) is 0 Å². The Hall–Kier alpha value is -0.960. The Morgan fingerprint density at radius 3 is 2.63 bits per heavy atom. The van der Waals surface area contributed by atoms with Crippen molar-refractivity contribution in [3.63, 3.8) is 0 Å². The van der Waals surface area contributed by atoms with Crippen LogP contribution in [0.4, 0.5) is 5.69 Å². The Kier molecular flexibility index (Phi) is 4.24. The molecule has 1 aliphatic heterocycles. The lowest BCUT2D eigenvalue weighted by atomic mass is 9.97. The summed E-state index contributed by atoms with van der Waals surface area (Å²) in [5, 5.41) is 4.58. The molecule has 0 fully saturated rings. The van der Waals surface area contributed by atoms with Gasteiger partial charge in [-0.25, -0.2) is 0 Å². The summed E-state index contributed by atoms with van der Waals surface area (Å²) in [5.74, 6) is 1.65. The summed E-state index contributed by atoms with van der Waals surface area (Å²) in [6, 6.07) is 6.62. The van der Waals surface area contributed by atoms with Crippen molar-refractivity contribution in [3.8, 4) is 0 Å². The van der Waals surface area contributed by atoms with Crippen LogP contribution in [0.3, 0.4) is 0 Å². The molecule has 0 amide bonds. The normalized spacial score (nSPS) is 18.3.